The van der Waals surface area contributed by atoms with Gasteiger partial charge in [-0.05, 0) is 35.9 Å². The fraction of sp³-hybridized carbons (Fsp3) is 0.190. The maximum Gasteiger partial charge on any atom is 0.325 e. The Morgan fingerprint density at radius 3 is 2.55 bits per heavy atom. The van der Waals surface area contributed by atoms with Crippen molar-refractivity contribution in [3.05, 3.63) is 69.2 Å². The van der Waals surface area contributed by atoms with Crippen molar-refractivity contribution >= 4 is 50.3 Å². The molecule has 9 nitrogen and oxygen atoms in total. The number of carbonyl (C=O) groups excluding carboxylic acids is 3. The molecule has 0 atom stereocenters. The number of halogens is 1. The molecular formula is C21H19BrN4O5. The van der Waals surface area contributed by atoms with Crippen LogP contribution in [-0.4, -0.2) is 41.0 Å². The Balaban J connectivity index is 1.59. The SMILES string of the molecule is COC(=O)CNC(=O)Cc1ccc(NC(=O)Cn2cnc3ccc(Br)cc3c2=O)cc1. The van der Waals surface area contributed by atoms with Gasteiger partial charge >= 0.3 is 5.97 Å². The quantitative estimate of drug-likeness (QED) is 0.489. The zero-order valence-corrected chi connectivity index (χ0v) is 18.1. The van der Waals surface area contributed by atoms with Crippen LogP contribution in [-0.2, 0) is 32.1 Å². The normalized spacial score (nSPS) is 10.5. The Kier molecular flexibility index (Phi) is 7.14. The van der Waals surface area contributed by atoms with Crippen molar-refractivity contribution in [2.75, 3.05) is 19.0 Å². The van der Waals surface area contributed by atoms with E-state index in [4.69, 9.17) is 0 Å². The average Bonchev–Trinajstić information content (AvgIpc) is 2.75. The molecular weight excluding hydrogens is 468 g/mol. The molecule has 160 valence electrons. The van der Waals surface area contributed by atoms with Crippen LogP contribution in [0.1, 0.15) is 5.56 Å². The van der Waals surface area contributed by atoms with Gasteiger partial charge in [-0.15, -0.1) is 0 Å². The summed E-state index contributed by atoms with van der Waals surface area (Å²) in [5.41, 5.74) is 1.47. The van der Waals surface area contributed by atoms with E-state index < -0.39 is 5.97 Å². The minimum Gasteiger partial charge on any atom is -0.468 e. The van der Waals surface area contributed by atoms with Crippen LogP contribution in [0.25, 0.3) is 10.9 Å². The van der Waals surface area contributed by atoms with E-state index >= 15 is 0 Å². The number of rotatable bonds is 7. The lowest BCUT2D eigenvalue weighted by molar-refractivity contribution is -0.141. The fourth-order valence-electron chi connectivity index (χ4n) is 2.80. The summed E-state index contributed by atoms with van der Waals surface area (Å²) in [4.78, 5) is 52.0. The Bertz CT molecular complexity index is 1190. The number of fused-ring (bicyclic) bond motifs is 1. The van der Waals surface area contributed by atoms with Crippen molar-refractivity contribution in [2.24, 2.45) is 0 Å². The lowest BCUT2D eigenvalue weighted by Gasteiger charge is -2.09. The molecule has 2 amide bonds. The highest BCUT2D eigenvalue weighted by Gasteiger charge is 2.10. The van der Waals surface area contributed by atoms with Crippen LogP contribution in [0.2, 0.25) is 0 Å². The molecule has 3 aromatic rings. The van der Waals surface area contributed by atoms with Gasteiger partial charge in [-0.2, -0.15) is 0 Å². The van der Waals surface area contributed by atoms with Crippen molar-refractivity contribution in [1.82, 2.24) is 14.9 Å². The predicted octanol–water partition coefficient (Wildman–Crippen LogP) is 1.63. The third-order valence-electron chi connectivity index (χ3n) is 4.36. The molecule has 1 aromatic heterocycles. The van der Waals surface area contributed by atoms with Gasteiger partial charge in [0.2, 0.25) is 11.8 Å². The van der Waals surface area contributed by atoms with E-state index in [1.54, 1.807) is 42.5 Å². The van der Waals surface area contributed by atoms with E-state index in [9.17, 15) is 19.2 Å². The molecule has 10 heteroatoms. The number of carbonyl (C=O) groups is 3. The molecule has 0 saturated heterocycles. The molecule has 0 saturated carbocycles. The summed E-state index contributed by atoms with van der Waals surface area (Å²) in [6.45, 7) is -0.380. The number of aromatic nitrogens is 2. The van der Waals surface area contributed by atoms with Gasteiger partial charge in [0.15, 0.2) is 0 Å². The van der Waals surface area contributed by atoms with Crippen LogP contribution in [0.3, 0.4) is 0 Å². The Morgan fingerprint density at radius 1 is 1.10 bits per heavy atom. The molecule has 0 spiro atoms. The number of esters is 1. The zero-order chi connectivity index (χ0) is 22.4. The summed E-state index contributed by atoms with van der Waals surface area (Å²) in [5.74, 6) is -1.24. The Hall–Kier alpha value is -3.53. The van der Waals surface area contributed by atoms with E-state index in [0.29, 0.717) is 22.2 Å². The first-order valence-corrected chi connectivity index (χ1v) is 10.0. The summed E-state index contributed by atoms with van der Waals surface area (Å²) in [6.07, 6.45) is 1.42. The maximum atomic E-state index is 12.6. The molecule has 0 radical (unpaired) electrons. The monoisotopic (exact) mass is 486 g/mol. The van der Waals surface area contributed by atoms with Crippen LogP contribution in [0, 0.1) is 0 Å². The predicted molar refractivity (Wildman–Crippen MR) is 118 cm³/mol. The molecule has 0 aliphatic rings. The van der Waals surface area contributed by atoms with Gasteiger partial charge in [-0.3, -0.25) is 23.7 Å². The van der Waals surface area contributed by atoms with Crippen molar-refractivity contribution in [3.63, 3.8) is 0 Å². The van der Waals surface area contributed by atoms with Gasteiger partial charge in [-0.25, -0.2) is 4.98 Å². The number of anilines is 1. The van der Waals surface area contributed by atoms with Crippen molar-refractivity contribution in [3.8, 4) is 0 Å². The van der Waals surface area contributed by atoms with Gasteiger partial charge < -0.3 is 15.4 Å². The molecule has 2 aromatic carbocycles. The van der Waals surface area contributed by atoms with Gasteiger partial charge in [-0.1, -0.05) is 28.1 Å². The standard InChI is InChI=1S/C21H19BrN4O5/c1-31-20(29)10-23-18(27)8-13-2-5-15(6-3-13)25-19(28)11-26-12-24-17-7-4-14(22)9-16(17)21(26)30/h2-7,9,12H,8,10-11H2,1H3,(H,23,27)(H,25,28). The van der Waals surface area contributed by atoms with E-state index in [1.165, 1.54) is 18.0 Å². The number of amides is 2. The topological polar surface area (TPSA) is 119 Å². The van der Waals surface area contributed by atoms with Crippen molar-refractivity contribution < 1.29 is 19.1 Å². The Labute approximate surface area is 185 Å². The zero-order valence-electron chi connectivity index (χ0n) is 16.6. The third-order valence-corrected chi connectivity index (χ3v) is 4.85. The molecule has 0 unspecified atom stereocenters. The Morgan fingerprint density at radius 2 is 1.84 bits per heavy atom. The maximum absolute atomic E-state index is 12.6. The minimum absolute atomic E-state index is 0.0823. The second-order valence-electron chi connectivity index (χ2n) is 6.61. The number of hydrogen-bond donors (Lipinski definition) is 2. The molecule has 2 N–H and O–H groups in total. The summed E-state index contributed by atoms with van der Waals surface area (Å²) in [6, 6.07) is 11.9. The van der Waals surface area contributed by atoms with Crippen molar-refractivity contribution in [2.45, 2.75) is 13.0 Å². The summed E-state index contributed by atoms with van der Waals surface area (Å²) >= 11 is 3.32. The molecule has 3 rings (SSSR count). The summed E-state index contributed by atoms with van der Waals surface area (Å²) in [5, 5.41) is 5.58. The number of ether oxygens (including phenoxy) is 1. The van der Waals surface area contributed by atoms with Crippen LogP contribution in [0.4, 0.5) is 5.69 Å². The first-order chi connectivity index (χ1) is 14.9. The first kappa shape index (κ1) is 22.2. The van der Waals surface area contributed by atoms with Crippen LogP contribution in [0.15, 0.2) is 58.1 Å². The average molecular weight is 487 g/mol. The van der Waals surface area contributed by atoms with Crippen molar-refractivity contribution in [1.29, 1.82) is 0 Å². The lowest BCUT2D eigenvalue weighted by atomic mass is 10.1. The largest absolute Gasteiger partial charge is 0.468 e. The molecule has 31 heavy (non-hydrogen) atoms. The smallest absolute Gasteiger partial charge is 0.325 e. The fourth-order valence-corrected chi connectivity index (χ4v) is 3.16. The molecule has 0 aliphatic heterocycles. The first-order valence-electron chi connectivity index (χ1n) is 9.22. The number of nitrogens with one attached hydrogen (secondary N) is 2. The van der Waals surface area contributed by atoms with E-state index in [-0.39, 0.29) is 36.9 Å². The number of methoxy groups -OCH3 is 1. The van der Waals surface area contributed by atoms with Gasteiger partial charge in [0, 0.05) is 10.2 Å². The third kappa shape index (κ3) is 5.98. The highest BCUT2D eigenvalue weighted by Crippen LogP contribution is 2.15. The highest BCUT2D eigenvalue weighted by atomic mass is 79.9. The van der Waals surface area contributed by atoms with Crippen LogP contribution in [0.5, 0.6) is 0 Å². The van der Waals surface area contributed by atoms with E-state index in [0.717, 1.165) is 4.47 Å². The second-order valence-corrected chi connectivity index (χ2v) is 7.53. The summed E-state index contributed by atoms with van der Waals surface area (Å²) < 4.78 is 6.45. The van der Waals surface area contributed by atoms with Gasteiger partial charge in [0.25, 0.3) is 5.56 Å². The molecule has 1 heterocycles. The van der Waals surface area contributed by atoms with Crippen LogP contribution < -0.4 is 16.2 Å². The van der Waals surface area contributed by atoms with Gasteiger partial charge in [0.05, 0.1) is 30.8 Å². The highest BCUT2D eigenvalue weighted by molar-refractivity contribution is 9.10. The van der Waals surface area contributed by atoms with E-state index in [1.807, 2.05) is 0 Å². The van der Waals surface area contributed by atoms with E-state index in [2.05, 4.69) is 36.3 Å². The number of benzene rings is 2. The summed E-state index contributed by atoms with van der Waals surface area (Å²) in [7, 11) is 1.24. The molecule has 0 bridgehead atoms. The van der Waals surface area contributed by atoms with Gasteiger partial charge in [0.1, 0.15) is 13.1 Å². The molecule has 0 aliphatic carbocycles. The second kappa shape index (κ2) is 9.98. The number of hydrogen-bond acceptors (Lipinski definition) is 6. The number of nitrogens with zero attached hydrogens (tertiary/aromatic N) is 2. The minimum atomic E-state index is -0.528. The van der Waals surface area contributed by atoms with Crippen LogP contribution >= 0.6 is 15.9 Å². The lowest BCUT2D eigenvalue weighted by Crippen LogP contribution is -2.31. The molecule has 0 fully saturated rings.